The monoisotopic (exact) mass is 410 g/mol. The Morgan fingerprint density at radius 3 is 2.14 bits per heavy atom. The lowest BCUT2D eigenvalue weighted by Gasteiger charge is -2.08. The molecule has 0 saturated heterocycles. The first-order chi connectivity index (χ1) is 13.8. The number of unbranched alkanes of at least 4 members (excludes halogenated alkanes) is 4. The van der Waals surface area contributed by atoms with E-state index in [2.05, 4.69) is 6.92 Å². The number of esters is 2. The van der Waals surface area contributed by atoms with Crippen molar-refractivity contribution in [3.8, 4) is 0 Å². The summed E-state index contributed by atoms with van der Waals surface area (Å²) < 4.78 is 10.0. The van der Waals surface area contributed by atoms with E-state index in [4.69, 9.17) is 9.47 Å². The number of carbonyl (C=O) groups is 2. The van der Waals surface area contributed by atoms with Crippen molar-refractivity contribution in [2.45, 2.75) is 65.4 Å². The molecular formula is C19H26N2O8. The maximum atomic E-state index is 11.8. The van der Waals surface area contributed by atoms with Crippen molar-refractivity contribution in [3.05, 3.63) is 43.5 Å². The van der Waals surface area contributed by atoms with E-state index in [0.29, 0.717) is 6.61 Å². The standard InChI is InChI=1S/C19H26N2O8/c1-3-4-5-6-7-10-28-18(22)8-9-19(23)29-13-15-11-16(20(24)25)12-17(14(15)2)21(26)27/h11-12H,3-10,13H2,1-2H3. The topological polar surface area (TPSA) is 139 Å². The molecule has 0 bridgehead atoms. The zero-order valence-electron chi connectivity index (χ0n) is 16.7. The molecule has 29 heavy (non-hydrogen) atoms. The zero-order valence-corrected chi connectivity index (χ0v) is 16.7. The van der Waals surface area contributed by atoms with E-state index in [1.165, 1.54) is 6.92 Å². The van der Waals surface area contributed by atoms with E-state index in [9.17, 15) is 29.8 Å². The van der Waals surface area contributed by atoms with E-state index < -0.39 is 33.2 Å². The van der Waals surface area contributed by atoms with Crippen LogP contribution >= 0.6 is 0 Å². The number of carbonyl (C=O) groups excluding carboxylic acids is 2. The smallest absolute Gasteiger partial charge is 0.306 e. The molecule has 0 atom stereocenters. The van der Waals surface area contributed by atoms with Gasteiger partial charge in [-0.25, -0.2) is 0 Å². The largest absolute Gasteiger partial charge is 0.466 e. The minimum absolute atomic E-state index is 0.137. The Morgan fingerprint density at radius 1 is 0.931 bits per heavy atom. The molecule has 1 aromatic rings. The molecule has 0 radical (unpaired) electrons. The van der Waals surface area contributed by atoms with Crippen molar-refractivity contribution in [1.29, 1.82) is 0 Å². The fourth-order valence-electron chi connectivity index (χ4n) is 2.58. The number of ether oxygens (including phenoxy) is 2. The van der Waals surface area contributed by atoms with E-state index in [0.717, 1.165) is 44.2 Å². The Labute approximate surface area is 168 Å². The quantitative estimate of drug-likeness (QED) is 0.204. The SMILES string of the molecule is CCCCCCCOC(=O)CCC(=O)OCc1cc([N+](=O)[O-])cc([N+](=O)[O-])c1C. The second-order valence-corrected chi connectivity index (χ2v) is 6.56. The first-order valence-electron chi connectivity index (χ1n) is 9.49. The van der Waals surface area contributed by atoms with Crippen molar-refractivity contribution in [3.63, 3.8) is 0 Å². The summed E-state index contributed by atoms with van der Waals surface area (Å²) in [6.07, 6.45) is 4.79. The summed E-state index contributed by atoms with van der Waals surface area (Å²) in [4.78, 5) is 43.9. The van der Waals surface area contributed by atoms with Gasteiger partial charge in [0.15, 0.2) is 0 Å². The van der Waals surface area contributed by atoms with Crippen LogP contribution in [0, 0.1) is 27.2 Å². The van der Waals surface area contributed by atoms with Crippen LogP contribution in [0.2, 0.25) is 0 Å². The van der Waals surface area contributed by atoms with Gasteiger partial charge in [-0.15, -0.1) is 0 Å². The maximum absolute atomic E-state index is 11.8. The molecule has 0 aliphatic rings. The minimum atomic E-state index is -0.754. The van der Waals surface area contributed by atoms with Gasteiger partial charge in [0, 0.05) is 17.2 Å². The Hall–Kier alpha value is -3.04. The third-order valence-corrected chi connectivity index (χ3v) is 4.31. The normalized spacial score (nSPS) is 10.4. The third-order valence-electron chi connectivity index (χ3n) is 4.31. The molecule has 0 N–H and O–H groups in total. The Kier molecular flexibility index (Phi) is 10.3. The Balaban J connectivity index is 2.47. The van der Waals surface area contributed by atoms with E-state index in [1.807, 2.05) is 0 Å². The van der Waals surface area contributed by atoms with Gasteiger partial charge in [0.1, 0.15) is 6.61 Å². The number of non-ortho nitro benzene ring substituents is 1. The Morgan fingerprint density at radius 2 is 1.55 bits per heavy atom. The first-order valence-corrected chi connectivity index (χ1v) is 9.49. The summed E-state index contributed by atoms with van der Waals surface area (Å²) in [5, 5.41) is 22.0. The van der Waals surface area contributed by atoms with Gasteiger partial charge in [-0.3, -0.25) is 29.8 Å². The molecule has 1 aromatic carbocycles. The number of benzene rings is 1. The lowest BCUT2D eigenvalue weighted by molar-refractivity contribution is -0.394. The second-order valence-electron chi connectivity index (χ2n) is 6.56. The van der Waals surface area contributed by atoms with E-state index in [1.54, 1.807) is 0 Å². The van der Waals surface area contributed by atoms with Crippen LogP contribution in [0.5, 0.6) is 0 Å². The molecule has 10 nitrogen and oxygen atoms in total. The van der Waals surface area contributed by atoms with Crippen molar-refractivity contribution < 1.29 is 28.9 Å². The fraction of sp³-hybridized carbons (Fsp3) is 0.579. The van der Waals surface area contributed by atoms with Crippen LogP contribution in [0.3, 0.4) is 0 Å². The molecule has 0 amide bonds. The lowest BCUT2D eigenvalue weighted by Crippen LogP contribution is -2.11. The highest BCUT2D eigenvalue weighted by molar-refractivity contribution is 5.77. The predicted octanol–water partition coefficient (Wildman–Crippen LogP) is 4.15. The number of nitro groups is 2. The molecule has 0 heterocycles. The van der Waals surface area contributed by atoms with Gasteiger partial charge < -0.3 is 9.47 Å². The molecule has 0 saturated carbocycles. The average Bonchev–Trinajstić information content (AvgIpc) is 2.67. The summed E-state index contributed by atoms with van der Waals surface area (Å²) in [5.41, 5.74) is -0.548. The van der Waals surface area contributed by atoms with E-state index >= 15 is 0 Å². The zero-order chi connectivity index (χ0) is 21.8. The highest BCUT2D eigenvalue weighted by atomic mass is 16.6. The minimum Gasteiger partial charge on any atom is -0.466 e. The number of nitro benzene ring substituents is 2. The van der Waals surface area contributed by atoms with Crippen molar-refractivity contribution >= 4 is 23.3 Å². The molecule has 0 unspecified atom stereocenters. The molecule has 0 spiro atoms. The van der Waals surface area contributed by atoms with E-state index in [-0.39, 0.29) is 30.6 Å². The number of hydrogen-bond donors (Lipinski definition) is 0. The van der Waals surface area contributed by atoms with Gasteiger partial charge in [0.25, 0.3) is 11.4 Å². The van der Waals surface area contributed by atoms with Gasteiger partial charge >= 0.3 is 11.9 Å². The molecule has 0 fully saturated rings. The summed E-state index contributed by atoms with van der Waals surface area (Å²) in [5.74, 6) is -1.20. The molecule has 1 rings (SSSR count). The second kappa shape index (κ2) is 12.4. The van der Waals surface area contributed by atoms with Gasteiger partial charge in [-0.1, -0.05) is 32.6 Å². The van der Waals surface area contributed by atoms with Crippen LogP contribution in [0.25, 0.3) is 0 Å². The van der Waals surface area contributed by atoms with Gasteiger partial charge in [-0.2, -0.15) is 0 Å². The van der Waals surface area contributed by atoms with Crippen molar-refractivity contribution in [2.24, 2.45) is 0 Å². The Bertz CT molecular complexity index is 748. The fourth-order valence-corrected chi connectivity index (χ4v) is 2.58. The van der Waals surface area contributed by atoms with Crippen LogP contribution in [0.4, 0.5) is 11.4 Å². The van der Waals surface area contributed by atoms with Crippen LogP contribution in [-0.4, -0.2) is 28.4 Å². The number of rotatable bonds is 13. The summed E-state index contributed by atoms with van der Waals surface area (Å²) in [6.45, 7) is 3.48. The van der Waals surface area contributed by atoms with Crippen molar-refractivity contribution in [2.75, 3.05) is 6.61 Å². The molecule has 0 aliphatic carbocycles. The van der Waals surface area contributed by atoms with Crippen molar-refractivity contribution in [1.82, 2.24) is 0 Å². The molecule has 10 heteroatoms. The van der Waals surface area contributed by atoms with Crippen LogP contribution < -0.4 is 0 Å². The van der Waals surface area contributed by atoms with Crippen LogP contribution in [0.15, 0.2) is 12.1 Å². The molecule has 160 valence electrons. The predicted molar refractivity (Wildman–Crippen MR) is 103 cm³/mol. The average molecular weight is 410 g/mol. The summed E-state index contributed by atoms with van der Waals surface area (Å²) >= 11 is 0. The van der Waals surface area contributed by atoms with Crippen LogP contribution in [0.1, 0.15) is 63.0 Å². The number of nitrogens with zero attached hydrogens (tertiary/aromatic N) is 2. The third kappa shape index (κ3) is 8.67. The summed E-state index contributed by atoms with van der Waals surface area (Å²) in [6, 6.07) is 1.99. The van der Waals surface area contributed by atoms with Gasteiger partial charge in [0.05, 0.1) is 35.4 Å². The molecule has 0 aromatic heterocycles. The van der Waals surface area contributed by atoms with Crippen LogP contribution in [-0.2, 0) is 25.7 Å². The molecule has 0 aliphatic heterocycles. The summed E-state index contributed by atoms with van der Waals surface area (Å²) in [7, 11) is 0. The highest BCUT2D eigenvalue weighted by Gasteiger charge is 2.22. The highest BCUT2D eigenvalue weighted by Crippen LogP contribution is 2.28. The molecular weight excluding hydrogens is 384 g/mol. The lowest BCUT2D eigenvalue weighted by atomic mass is 10.1. The maximum Gasteiger partial charge on any atom is 0.306 e. The van der Waals surface area contributed by atoms with Gasteiger partial charge in [0.2, 0.25) is 0 Å². The number of hydrogen-bond acceptors (Lipinski definition) is 8. The first kappa shape index (κ1) is 24.0. The van der Waals surface area contributed by atoms with Gasteiger partial charge in [-0.05, 0) is 13.3 Å².